The number of amides is 4. The van der Waals surface area contributed by atoms with E-state index in [1.54, 1.807) is 24.3 Å². The number of benzene rings is 1. The number of halogens is 2. The number of hydrogen-bond donors (Lipinski definition) is 5. The molecule has 16 nitrogen and oxygen atoms in total. The minimum absolute atomic E-state index is 0.0185. The Bertz CT molecular complexity index is 1650. The first-order valence-electron chi connectivity index (χ1n) is 17.6. The normalized spacial score (nSPS) is 16.4. The first-order valence-corrected chi connectivity index (χ1v) is 17.6. The van der Waals surface area contributed by atoms with Gasteiger partial charge in [0, 0.05) is 69.4 Å². The first-order chi connectivity index (χ1) is 25.5. The van der Waals surface area contributed by atoms with Gasteiger partial charge in [-0.1, -0.05) is 12.1 Å². The van der Waals surface area contributed by atoms with Gasteiger partial charge in [0.25, 0.3) is 11.8 Å². The Balaban J connectivity index is 1.16. The lowest BCUT2D eigenvalue weighted by atomic mass is 10.1. The average molecular weight is 743 g/mol. The summed E-state index contributed by atoms with van der Waals surface area (Å²) in [6.45, 7) is 2.05. The molecule has 53 heavy (non-hydrogen) atoms. The van der Waals surface area contributed by atoms with E-state index in [2.05, 4.69) is 26.5 Å². The van der Waals surface area contributed by atoms with E-state index in [-0.39, 0.29) is 23.8 Å². The number of nitriles is 1. The number of unbranched alkanes of at least 4 members (excludes halogenated alkanes) is 1. The molecule has 0 radical (unpaired) electrons. The molecule has 3 heterocycles. The van der Waals surface area contributed by atoms with Crippen molar-refractivity contribution in [3.05, 3.63) is 47.9 Å². The largest absolute Gasteiger partial charge is 0.378 e. The third-order valence-corrected chi connectivity index (χ3v) is 8.54. The highest BCUT2D eigenvalue weighted by Crippen LogP contribution is 2.31. The van der Waals surface area contributed by atoms with Gasteiger partial charge in [0.2, 0.25) is 17.7 Å². The van der Waals surface area contributed by atoms with Gasteiger partial charge < -0.3 is 36.1 Å². The molecule has 288 valence electrons. The van der Waals surface area contributed by atoms with E-state index in [0.717, 1.165) is 23.4 Å². The smallest absolute Gasteiger partial charge is 0.268 e. The number of hydrogen-bond acceptors (Lipinski definition) is 12. The highest BCUT2D eigenvalue weighted by molar-refractivity contribution is 6.10. The third-order valence-electron chi connectivity index (χ3n) is 8.54. The molecule has 2 aliphatic rings. The highest BCUT2D eigenvalue weighted by Gasteiger charge is 2.47. The second-order valence-corrected chi connectivity index (χ2v) is 12.7. The number of ether oxygens (including phenoxy) is 2. The summed E-state index contributed by atoms with van der Waals surface area (Å²) < 4.78 is 38.1. The molecule has 1 aromatic heterocycles. The van der Waals surface area contributed by atoms with Crippen molar-refractivity contribution in [2.45, 2.75) is 56.9 Å². The molecule has 1 saturated heterocycles. The summed E-state index contributed by atoms with van der Waals surface area (Å²) in [5, 5.41) is 21.6. The fourth-order valence-electron chi connectivity index (χ4n) is 5.89. The Hall–Kier alpha value is -4.96. The number of alkyl halides is 2. The van der Waals surface area contributed by atoms with Crippen LogP contribution < -0.4 is 27.2 Å². The minimum atomic E-state index is -3.16. The number of carbonyl (C=O) groups is 4. The lowest BCUT2D eigenvalue weighted by Crippen LogP contribution is -2.43. The van der Waals surface area contributed by atoms with E-state index in [4.69, 9.17) is 20.5 Å². The van der Waals surface area contributed by atoms with Crippen molar-refractivity contribution in [2.24, 2.45) is 5.73 Å². The number of carbonyl (C=O) groups excluding carboxylic acids is 4. The number of nitrogens with two attached hydrogens (primary N) is 1. The van der Waals surface area contributed by atoms with Crippen LogP contribution >= 0.6 is 0 Å². The average Bonchev–Trinajstić information content (AvgIpc) is 3.66. The number of anilines is 1. The van der Waals surface area contributed by atoms with Crippen LogP contribution in [0.25, 0.3) is 10.9 Å². The van der Waals surface area contributed by atoms with Gasteiger partial charge in [0.15, 0.2) is 0 Å². The maximum absolute atomic E-state index is 13.8. The molecule has 6 N–H and O–H groups in total. The Kier molecular flexibility index (Phi) is 15.6. The molecule has 2 aromatic rings. The molecule has 0 saturated carbocycles. The van der Waals surface area contributed by atoms with E-state index in [9.17, 15) is 28.0 Å². The number of likely N-dealkylation sites (tertiary alicyclic amines) is 1. The van der Waals surface area contributed by atoms with Crippen LogP contribution in [-0.2, 0) is 23.9 Å². The van der Waals surface area contributed by atoms with Crippen LogP contribution in [0.15, 0.2) is 42.4 Å². The van der Waals surface area contributed by atoms with Crippen LogP contribution in [0.1, 0.15) is 55.3 Å². The van der Waals surface area contributed by atoms with E-state index in [1.807, 2.05) is 23.3 Å². The van der Waals surface area contributed by atoms with E-state index >= 15 is 0 Å². The van der Waals surface area contributed by atoms with Crippen molar-refractivity contribution >= 4 is 40.2 Å². The van der Waals surface area contributed by atoms with E-state index in [0.29, 0.717) is 81.9 Å². The first kappa shape index (κ1) is 40.8. The quantitative estimate of drug-likeness (QED) is 0.116. The van der Waals surface area contributed by atoms with Crippen LogP contribution in [0, 0.1) is 11.3 Å². The summed E-state index contributed by atoms with van der Waals surface area (Å²) in [6.07, 6.45) is 6.04. The highest BCUT2D eigenvalue weighted by atomic mass is 19.3. The van der Waals surface area contributed by atoms with E-state index in [1.165, 1.54) is 12.3 Å². The number of para-hydroxylation sites is 1. The number of nitrogens with zero attached hydrogens (tertiary/aromatic N) is 5. The summed E-state index contributed by atoms with van der Waals surface area (Å²) in [5.41, 5.74) is 10.6. The molecule has 0 bridgehead atoms. The van der Waals surface area contributed by atoms with Gasteiger partial charge in [-0.05, 0) is 37.8 Å². The predicted molar refractivity (Wildman–Crippen MR) is 190 cm³/mol. The van der Waals surface area contributed by atoms with Gasteiger partial charge in [-0.3, -0.25) is 34.2 Å². The van der Waals surface area contributed by atoms with E-state index < -0.39 is 43.3 Å². The molecule has 1 unspecified atom stereocenters. The molecule has 2 aliphatic heterocycles. The third kappa shape index (κ3) is 12.6. The van der Waals surface area contributed by atoms with Crippen molar-refractivity contribution in [3.63, 3.8) is 0 Å². The SMILES string of the molecule is CN1NN(CCCCC(=O)NCCOCCOCCN)C=C1CCCC(=O)Nc1cccc2c(C(=O)NCC(=O)N3CC(F)(F)CC3C#N)ccnc12. The molecule has 4 amide bonds. The van der Waals surface area contributed by atoms with Crippen molar-refractivity contribution in [2.75, 3.05) is 71.5 Å². The van der Waals surface area contributed by atoms with Crippen LogP contribution in [0.2, 0.25) is 0 Å². The molecule has 1 fully saturated rings. The Morgan fingerprint density at radius 1 is 1.06 bits per heavy atom. The van der Waals surface area contributed by atoms with Crippen molar-refractivity contribution in [1.29, 1.82) is 5.26 Å². The maximum atomic E-state index is 13.8. The van der Waals surface area contributed by atoms with Gasteiger partial charge in [0.05, 0.1) is 62.4 Å². The van der Waals surface area contributed by atoms with Gasteiger partial charge in [-0.2, -0.15) is 5.26 Å². The summed E-state index contributed by atoms with van der Waals surface area (Å²) in [5.74, 6) is -4.83. The standard InChI is InChI=1S/C35H48F2N10O6/c1-45-25(23-46(44-45)15-3-2-9-30(48)40-14-17-53-19-18-52-16-12-38)6-4-10-31(49)43-29-8-5-7-27-28(11-13-41-33(27)29)34(51)42-22-32(50)47-24-35(36,37)20-26(47)21-39/h5,7-8,11,13,23,26,44H,2-4,6,9-10,12,14-20,22,24,38H2,1H3,(H,40,48)(H,42,51)(H,43,49). The summed E-state index contributed by atoms with van der Waals surface area (Å²) in [7, 11) is 1.89. The zero-order chi connectivity index (χ0) is 38.2. The minimum Gasteiger partial charge on any atom is -0.378 e. The van der Waals surface area contributed by atoms with Crippen LogP contribution in [-0.4, -0.2) is 122 Å². The van der Waals surface area contributed by atoms with Gasteiger partial charge in [-0.15, -0.1) is 5.53 Å². The number of allylic oxidation sites excluding steroid dienone is 1. The lowest BCUT2D eigenvalue weighted by Gasteiger charge is -2.20. The number of pyridine rings is 1. The molecule has 1 atom stereocenters. The molecule has 18 heteroatoms. The van der Waals surface area contributed by atoms with Gasteiger partial charge >= 0.3 is 0 Å². The van der Waals surface area contributed by atoms with Crippen LogP contribution in [0.4, 0.5) is 14.5 Å². The Morgan fingerprint density at radius 3 is 2.60 bits per heavy atom. The van der Waals surface area contributed by atoms with Crippen molar-refractivity contribution in [1.82, 2.24) is 36.1 Å². The van der Waals surface area contributed by atoms with Crippen molar-refractivity contribution in [3.8, 4) is 6.07 Å². The predicted octanol–water partition coefficient (Wildman–Crippen LogP) is 1.62. The molecular weight excluding hydrogens is 694 g/mol. The number of rotatable bonds is 21. The molecule has 1 aromatic carbocycles. The number of nitrogens with one attached hydrogen (secondary N) is 4. The van der Waals surface area contributed by atoms with Crippen LogP contribution in [0.5, 0.6) is 0 Å². The number of hydrazine groups is 2. The second-order valence-electron chi connectivity index (χ2n) is 12.7. The number of aromatic nitrogens is 1. The molecule has 0 aliphatic carbocycles. The second kappa shape index (κ2) is 20.3. The molecule has 4 rings (SSSR count). The molecule has 0 spiro atoms. The number of fused-ring (bicyclic) bond motifs is 1. The maximum Gasteiger partial charge on any atom is 0.268 e. The van der Waals surface area contributed by atoms with Crippen LogP contribution in [0.3, 0.4) is 0 Å². The fourth-order valence-corrected chi connectivity index (χ4v) is 5.89. The van der Waals surface area contributed by atoms with Gasteiger partial charge in [0.1, 0.15) is 6.04 Å². The molecular formula is C35H48F2N10O6. The topological polar surface area (TPSA) is 207 Å². The monoisotopic (exact) mass is 742 g/mol. The Labute approximate surface area is 306 Å². The zero-order valence-corrected chi connectivity index (χ0v) is 29.9. The Morgan fingerprint density at radius 2 is 1.83 bits per heavy atom. The summed E-state index contributed by atoms with van der Waals surface area (Å²) in [6, 6.07) is 6.89. The zero-order valence-electron chi connectivity index (χ0n) is 29.9. The lowest BCUT2D eigenvalue weighted by molar-refractivity contribution is -0.131. The van der Waals surface area contributed by atoms with Gasteiger partial charge in [-0.25, -0.2) is 8.78 Å². The van der Waals surface area contributed by atoms with Crippen molar-refractivity contribution < 1.29 is 37.4 Å². The summed E-state index contributed by atoms with van der Waals surface area (Å²) >= 11 is 0. The summed E-state index contributed by atoms with van der Waals surface area (Å²) in [4.78, 5) is 55.7. The fraction of sp³-hybridized carbons (Fsp3) is 0.543.